The summed E-state index contributed by atoms with van der Waals surface area (Å²) in [6, 6.07) is 21.8. The number of amides is 1. The van der Waals surface area contributed by atoms with E-state index in [-0.39, 0.29) is 15.8 Å². The molecule has 0 fully saturated rings. The van der Waals surface area contributed by atoms with E-state index in [0.717, 1.165) is 22.5 Å². The lowest BCUT2D eigenvalue weighted by Gasteiger charge is -2.06. The third kappa shape index (κ3) is 4.41. The van der Waals surface area contributed by atoms with Gasteiger partial charge in [-0.2, -0.15) is 5.26 Å². The van der Waals surface area contributed by atoms with Gasteiger partial charge in [-0.15, -0.1) is 11.3 Å². The molecule has 0 unspecified atom stereocenters. The first-order chi connectivity index (χ1) is 15.6. The first kappa shape index (κ1) is 21.0. The van der Waals surface area contributed by atoms with Crippen LogP contribution in [0.1, 0.15) is 11.1 Å². The summed E-state index contributed by atoms with van der Waals surface area (Å²) in [6.45, 7) is 1.91. The lowest BCUT2D eigenvalue weighted by atomic mass is 10.2. The molecular weight excluding hydrogens is 420 g/mol. The van der Waals surface area contributed by atoms with Crippen molar-refractivity contribution >= 4 is 34.6 Å². The minimum absolute atomic E-state index is 0.133. The van der Waals surface area contributed by atoms with Gasteiger partial charge in [0.15, 0.2) is 5.57 Å². The molecule has 0 saturated carbocycles. The monoisotopic (exact) mass is 438 g/mol. The normalized spacial score (nSPS) is 12.2. The fourth-order valence-electron chi connectivity index (χ4n) is 3.18. The summed E-state index contributed by atoms with van der Waals surface area (Å²) in [6.07, 6.45) is 5.00. The number of nitriles is 1. The Balaban J connectivity index is 1.95. The zero-order chi connectivity index (χ0) is 22.5. The van der Waals surface area contributed by atoms with Crippen LogP contribution in [0.5, 0.6) is 0 Å². The number of benzene rings is 2. The third-order valence-electron chi connectivity index (χ3n) is 4.67. The highest BCUT2D eigenvalue weighted by Gasteiger charge is 2.17. The van der Waals surface area contributed by atoms with Crippen molar-refractivity contribution in [1.29, 1.82) is 5.26 Å². The number of pyridine rings is 1. The minimum atomic E-state index is -0.570. The largest absolute Gasteiger partial charge is 0.321 e. The molecule has 0 aliphatic carbocycles. The van der Waals surface area contributed by atoms with E-state index in [2.05, 4.69) is 10.3 Å². The van der Waals surface area contributed by atoms with Crippen LogP contribution in [0.2, 0.25) is 0 Å². The molecule has 0 atom stereocenters. The Morgan fingerprint density at radius 2 is 1.84 bits per heavy atom. The summed E-state index contributed by atoms with van der Waals surface area (Å²) in [7, 11) is 0. The molecule has 1 amide bonds. The highest BCUT2D eigenvalue weighted by atomic mass is 32.1. The van der Waals surface area contributed by atoms with Crippen molar-refractivity contribution in [3.05, 3.63) is 110 Å². The van der Waals surface area contributed by atoms with Crippen molar-refractivity contribution < 1.29 is 4.79 Å². The Hall–Kier alpha value is -4.28. The second-order valence-corrected chi connectivity index (χ2v) is 8.01. The molecule has 0 aliphatic rings. The highest BCUT2D eigenvalue weighted by Crippen LogP contribution is 2.11. The molecule has 4 aromatic rings. The molecule has 1 N–H and O–H groups in total. The van der Waals surface area contributed by atoms with Gasteiger partial charge < -0.3 is 5.32 Å². The van der Waals surface area contributed by atoms with E-state index in [9.17, 15) is 14.9 Å². The van der Waals surface area contributed by atoms with Gasteiger partial charge in [-0.1, -0.05) is 30.3 Å². The van der Waals surface area contributed by atoms with Gasteiger partial charge in [0.1, 0.15) is 10.7 Å². The number of hydrogen-bond donors (Lipinski definition) is 1. The number of thiazole rings is 1. The summed E-state index contributed by atoms with van der Waals surface area (Å²) in [4.78, 5) is 30.3. The van der Waals surface area contributed by atoms with Gasteiger partial charge in [-0.25, -0.2) is 0 Å². The highest BCUT2D eigenvalue weighted by molar-refractivity contribution is 7.07. The van der Waals surface area contributed by atoms with Crippen molar-refractivity contribution in [2.75, 3.05) is 5.32 Å². The standard InChI is InChI=1S/C25H18N4O2S/c1-17-6-5-7-19(14-17)28-23(30)21(16-26)25-29(20-8-3-2-4-9-20)24(31)22(32-25)15-18-10-12-27-13-11-18/h2-15H,1H3,(H,28,30)/b22-15+,25-21+. The topological polar surface area (TPSA) is 87.8 Å². The predicted octanol–water partition coefficient (Wildman–Crippen LogP) is 2.74. The van der Waals surface area contributed by atoms with Crippen LogP contribution in [0, 0.1) is 18.3 Å². The zero-order valence-electron chi connectivity index (χ0n) is 17.1. The van der Waals surface area contributed by atoms with Crippen molar-refractivity contribution in [2.45, 2.75) is 6.92 Å². The van der Waals surface area contributed by atoms with E-state index in [1.807, 2.05) is 37.3 Å². The third-order valence-corrected chi connectivity index (χ3v) is 5.76. The van der Waals surface area contributed by atoms with Crippen LogP contribution < -0.4 is 20.1 Å². The number of rotatable bonds is 4. The maximum Gasteiger partial charge on any atom is 0.273 e. The van der Waals surface area contributed by atoms with E-state index >= 15 is 0 Å². The molecule has 2 heterocycles. The Morgan fingerprint density at radius 3 is 2.53 bits per heavy atom. The number of aromatic nitrogens is 2. The SMILES string of the molecule is Cc1cccc(NC(=O)/C(C#N)=c2/s/c(=C/c3ccncc3)c(=O)n2-c2ccccc2)c1. The molecule has 2 aromatic heterocycles. The van der Waals surface area contributed by atoms with Crippen LogP contribution in [0.4, 0.5) is 5.69 Å². The predicted molar refractivity (Wildman–Crippen MR) is 126 cm³/mol. The van der Waals surface area contributed by atoms with Gasteiger partial charge in [0.2, 0.25) is 0 Å². The number of anilines is 1. The summed E-state index contributed by atoms with van der Waals surface area (Å²) >= 11 is 1.10. The van der Waals surface area contributed by atoms with Crippen LogP contribution >= 0.6 is 11.3 Å². The van der Waals surface area contributed by atoms with E-state index in [4.69, 9.17) is 0 Å². The molecule has 32 heavy (non-hydrogen) atoms. The molecule has 156 valence electrons. The molecule has 6 nitrogen and oxygen atoms in total. The van der Waals surface area contributed by atoms with E-state index in [1.165, 1.54) is 4.57 Å². The van der Waals surface area contributed by atoms with Crippen LogP contribution in [0.3, 0.4) is 0 Å². The smallest absolute Gasteiger partial charge is 0.273 e. The summed E-state index contributed by atoms with van der Waals surface area (Å²) in [5.41, 5.74) is 2.50. The minimum Gasteiger partial charge on any atom is -0.321 e. The lowest BCUT2D eigenvalue weighted by Crippen LogP contribution is -2.32. The van der Waals surface area contributed by atoms with Crippen molar-refractivity contribution in [3.63, 3.8) is 0 Å². The molecular formula is C25H18N4O2S. The average molecular weight is 439 g/mol. The Bertz CT molecular complexity index is 1500. The number of para-hydroxylation sites is 1. The maximum absolute atomic E-state index is 13.3. The Labute approximate surface area is 188 Å². The van der Waals surface area contributed by atoms with Gasteiger partial charge in [0, 0.05) is 18.1 Å². The van der Waals surface area contributed by atoms with E-state index in [0.29, 0.717) is 15.9 Å². The first-order valence-corrected chi connectivity index (χ1v) is 10.6. The van der Waals surface area contributed by atoms with Crippen LogP contribution in [0.15, 0.2) is 83.9 Å². The van der Waals surface area contributed by atoms with Crippen LogP contribution in [-0.4, -0.2) is 15.5 Å². The average Bonchev–Trinajstić information content (AvgIpc) is 3.11. The van der Waals surface area contributed by atoms with Crippen molar-refractivity contribution in [2.24, 2.45) is 0 Å². The second kappa shape index (κ2) is 9.25. The quantitative estimate of drug-likeness (QED) is 0.531. The molecule has 4 rings (SSSR count). The molecule has 2 aromatic carbocycles. The van der Waals surface area contributed by atoms with Gasteiger partial charge in [-0.05, 0) is 60.5 Å². The lowest BCUT2D eigenvalue weighted by molar-refractivity contribution is -0.111. The Morgan fingerprint density at radius 1 is 1.09 bits per heavy atom. The Kier molecular flexibility index (Phi) is 6.06. The zero-order valence-corrected chi connectivity index (χ0v) is 18.0. The van der Waals surface area contributed by atoms with Crippen LogP contribution in [-0.2, 0) is 4.79 Å². The van der Waals surface area contributed by atoms with Gasteiger partial charge in [0.05, 0.1) is 10.2 Å². The van der Waals surface area contributed by atoms with E-state index in [1.54, 1.807) is 60.9 Å². The molecule has 7 heteroatoms. The summed E-state index contributed by atoms with van der Waals surface area (Å²) in [5, 5.41) is 12.6. The van der Waals surface area contributed by atoms with Gasteiger partial charge in [-0.3, -0.25) is 19.1 Å². The molecule has 0 saturated heterocycles. The van der Waals surface area contributed by atoms with Crippen molar-refractivity contribution in [3.8, 4) is 11.8 Å². The fourth-order valence-corrected chi connectivity index (χ4v) is 4.29. The molecule has 0 bridgehead atoms. The fraction of sp³-hybridized carbons (Fsp3) is 0.0400. The number of carbonyl (C=O) groups is 1. The number of nitrogens with one attached hydrogen (secondary N) is 1. The molecule has 0 spiro atoms. The van der Waals surface area contributed by atoms with Gasteiger partial charge in [0.25, 0.3) is 11.5 Å². The van der Waals surface area contributed by atoms with Gasteiger partial charge >= 0.3 is 0 Å². The van der Waals surface area contributed by atoms with Crippen molar-refractivity contribution in [1.82, 2.24) is 9.55 Å². The number of hydrogen-bond acceptors (Lipinski definition) is 5. The van der Waals surface area contributed by atoms with E-state index < -0.39 is 5.91 Å². The first-order valence-electron chi connectivity index (χ1n) is 9.78. The number of aryl methyl sites for hydroxylation is 1. The number of nitrogens with zero attached hydrogens (tertiary/aromatic N) is 3. The second-order valence-electron chi connectivity index (χ2n) is 6.98. The molecule has 0 radical (unpaired) electrons. The summed E-state index contributed by atoms with van der Waals surface area (Å²) < 4.78 is 2.09. The maximum atomic E-state index is 13.3. The number of carbonyl (C=O) groups excluding carboxylic acids is 1. The molecule has 0 aliphatic heterocycles. The van der Waals surface area contributed by atoms with Crippen LogP contribution in [0.25, 0.3) is 17.3 Å². The summed E-state index contributed by atoms with van der Waals surface area (Å²) in [5.74, 6) is -0.570.